The Hall–Kier alpha value is -2.44. The van der Waals surface area contributed by atoms with Gasteiger partial charge < -0.3 is 25.0 Å². The quantitative estimate of drug-likeness (QED) is 0.597. The fraction of sp³-hybridized carbons (Fsp3) is 0.619. The molecule has 1 aliphatic rings. The predicted molar refractivity (Wildman–Crippen MR) is 112 cm³/mol. The lowest BCUT2D eigenvalue weighted by molar-refractivity contribution is 0.0507. The van der Waals surface area contributed by atoms with E-state index >= 15 is 0 Å². The van der Waals surface area contributed by atoms with Crippen molar-refractivity contribution < 1.29 is 14.3 Å². The molecule has 1 atom stereocenters. The molecule has 1 unspecified atom stereocenters. The molecule has 0 spiro atoms. The number of carbonyl (C=O) groups is 1. The molecule has 0 bridgehead atoms. The van der Waals surface area contributed by atoms with Crippen LogP contribution in [0.1, 0.15) is 38.3 Å². The van der Waals surface area contributed by atoms with Crippen LogP contribution in [0.3, 0.4) is 0 Å². The average molecular weight is 391 g/mol. The number of rotatable bonds is 5. The Morgan fingerprint density at radius 1 is 1.36 bits per heavy atom. The van der Waals surface area contributed by atoms with E-state index in [1.54, 1.807) is 14.2 Å². The molecule has 0 aromatic heterocycles. The highest BCUT2D eigenvalue weighted by atomic mass is 16.6. The van der Waals surface area contributed by atoms with Gasteiger partial charge in [0.1, 0.15) is 11.4 Å². The largest absolute Gasteiger partial charge is 0.496 e. The van der Waals surface area contributed by atoms with Gasteiger partial charge in [-0.2, -0.15) is 0 Å². The topological polar surface area (TPSA) is 75.2 Å². The van der Waals surface area contributed by atoms with Crippen molar-refractivity contribution in [3.05, 3.63) is 29.3 Å². The van der Waals surface area contributed by atoms with Crippen molar-refractivity contribution in [3.8, 4) is 5.75 Å². The Balaban J connectivity index is 1.83. The zero-order valence-electron chi connectivity index (χ0n) is 18.0. The molecule has 1 saturated heterocycles. The van der Waals surface area contributed by atoms with E-state index in [0.717, 1.165) is 37.6 Å². The van der Waals surface area contributed by atoms with Crippen LogP contribution in [0.15, 0.2) is 23.2 Å². The number of hydrogen-bond donors (Lipinski definition) is 2. The lowest BCUT2D eigenvalue weighted by atomic mass is 10.1. The normalized spacial score (nSPS) is 17.4. The van der Waals surface area contributed by atoms with Crippen LogP contribution in [0.4, 0.5) is 4.79 Å². The molecular weight excluding hydrogens is 356 g/mol. The number of guanidine groups is 1. The second-order valence-corrected chi connectivity index (χ2v) is 8.12. The van der Waals surface area contributed by atoms with E-state index in [4.69, 9.17) is 9.47 Å². The van der Waals surface area contributed by atoms with Crippen molar-refractivity contribution in [2.24, 2.45) is 4.99 Å². The molecule has 1 aromatic rings. The standard InChI is InChI=1S/C21H34N4O3/c1-15-7-8-18(27-6)16(13-15)9-11-23-19(22-5)25-12-10-17(14-25)24-20(26)28-21(2,3)4/h7-8,13,17H,9-12,14H2,1-6H3,(H,22,23)(H,24,26). The minimum atomic E-state index is -0.489. The first-order chi connectivity index (χ1) is 13.2. The summed E-state index contributed by atoms with van der Waals surface area (Å²) in [6.07, 6.45) is 1.34. The molecule has 1 aliphatic heterocycles. The molecule has 28 heavy (non-hydrogen) atoms. The molecule has 1 heterocycles. The van der Waals surface area contributed by atoms with E-state index in [1.165, 1.54) is 11.1 Å². The summed E-state index contributed by atoms with van der Waals surface area (Å²) in [6, 6.07) is 6.27. The van der Waals surface area contributed by atoms with Gasteiger partial charge in [0.05, 0.1) is 13.2 Å². The number of carbonyl (C=O) groups excluding carboxylic acids is 1. The summed E-state index contributed by atoms with van der Waals surface area (Å²) in [5.74, 6) is 1.75. The van der Waals surface area contributed by atoms with Gasteiger partial charge >= 0.3 is 6.09 Å². The van der Waals surface area contributed by atoms with Crippen molar-refractivity contribution >= 4 is 12.1 Å². The Morgan fingerprint density at radius 2 is 2.11 bits per heavy atom. The number of amides is 1. The third-order valence-electron chi connectivity index (χ3n) is 4.53. The van der Waals surface area contributed by atoms with Gasteiger partial charge in [0.25, 0.3) is 0 Å². The summed E-state index contributed by atoms with van der Waals surface area (Å²) < 4.78 is 10.8. The Morgan fingerprint density at radius 3 is 2.75 bits per heavy atom. The van der Waals surface area contributed by atoms with Gasteiger partial charge in [-0.05, 0) is 52.2 Å². The van der Waals surface area contributed by atoms with Crippen molar-refractivity contribution in [1.29, 1.82) is 0 Å². The zero-order chi connectivity index (χ0) is 20.7. The van der Waals surface area contributed by atoms with Crippen LogP contribution < -0.4 is 15.4 Å². The van der Waals surface area contributed by atoms with E-state index < -0.39 is 5.60 Å². The van der Waals surface area contributed by atoms with E-state index in [0.29, 0.717) is 6.54 Å². The SMILES string of the molecule is CN=C(NCCc1cc(C)ccc1OC)N1CCC(NC(=O)OC(C)(C)C)C1. The molecule has 2 rings (SSSR count). The lowest BCUT2D eigenvalue weighted by Gasteiger charge is -2.23. The molecular formula is C21H34N4O3. The summed E-state index contributed by atoms with van der Waals surface area (Å²) in [7, 11) is 3.48. The minimum Gasteiger partial charge on any atom is -0.496 e. The first kappa shape index (κ1) is 21.9. The summed E-state index contributed by atoms with van der Waals surface area (Å²) >= 11 is 0. The van der Waals surface area contributed by atoms with Crippen LogP contribution in [0.5, 0.6) is 5.75 Å². The highest BCUT2D eigenvalue weighted by Gasteiger charge is 2.27. The van der Waals surface area contributed by atoms with Crippen molar-refractivity contribution in [3.63, 3.8) is 0 Å². The molecule has 1 amide bonds. The molecule has 0 saturated carbocycles. The first-order valence-corrected chi connectivity index (χ1v) is 9.80. The molecule has 1 fully saturated rings. The lowest BCUT2D eigenvalue weighted by Crippen LogP contribution is -2.44. The maximum Gasteiger partial charge on any atom is 0.407 e. The second kappa shape index (κ2) is 9.66. The predicted octanol–water partition coefficient (Wildman–Crippen LogP) is 2.72. The number of alkyl carbamates (subject to hydrolysis) is 1. The Labute approximate surface area is 168 Å². The van der Waals surface area contributed by atoms with Crippen molar-refractivity contribution in [1.82, 2.24) is 15.5 Å². The van der Waals surface area contributed by atoms with Crippen LogP contribution in [0.25, 0.3) is 0 Å². The fourth-order valence-electron chi connectivity index (χ4n) is 3.29. The molecule has 156 valence electrons. The number of nitrogens with zero attached hydrogens (tertiary/aromatic N) is 2. The van der Waals surface area contributed by atoms with Gasteiger partial charge in [0.15, 0.2) is 5.96 Å². The second-order valence-electron chi connectivity index (χ2n) is 8.12. The number of methoxy groups -OCH3 is 1. The number of aliphatic imine (C=N–C) groups is 1. The molecule has 7 heteroatoms. The average Bonchev–Trinajstić information content (AvgIpc) is 3.05. The third kappa shape index (κ3) is 6.62. The summed E-state index contributed by atoms with van der Waals surface area (Å²) in [4.78, 5) is 18.5. The number of benzene rings is 1. The van der Waals surface area contributed by atoms with Gasteiger partial charge in [-0.1, -0.05) is 17.7 Å². The number of likely N-dealkylation sites (tertiary alicyclic amines) is 1. The number of ether oxygens (including phenoxy) is 2. The number of nitrogens with one attached hydrogen (secondary N) is 2. The smallest absolute Gasteiger partial charge is 0.407 e. The van der Waals surface area contributed by atoms with E-state index in [2.05, 4.69) is 39.6 Å². The summed E-state index contributed by atoms with van der Waals surface area (Å²) in [6.45, 7) is 9.98. The van der Waals surface area contributed by atoms with Gasteiger partial charge in [0, 0.05) is 26.7 Å². The molecule has 1 aromatic carbocycles. The molecule has 2 N–H and O–H groups in total. The monoisotopic (exact) mass is 390 g/mol. The van der Waals surface area contributed by atoms with Gasteiger partial charge in [-0.25, -0.2) is 4.79 Å². The number of hydrogen-bond acceptors (Lipinski definition) is 4. The van der Waals surface area contributed by atoms with Gasteiger partial charge in [-0.3, -0.25) is 4.99 Å². The minimum absolute atomic E-state index is 0.0604. The van der Waals surface area contributed by atoms with Crippen molar-refractivity contribution in [2.75, 3.05) is 33.8 Å². The maximum absolute atomic E-state index is 12.0. The summed E-state index contributed by atoms with van der Waals surface area (Å²) in [5.41, 5.74) is 1.91. The fourth-order valence-corrected chi connectivity index (χ4v) is 3.29. The van der Waals surface area contributed by atoms with Crippen LogP contribution in [-0.2, 0) is 11.2 Å². The highest BCUT2D eigenvalue weighted by molar-refractivity contribution is 5.80. The maximum atomic E-state index is 12.0. The van der Waals surface area contributed by atoms with Crippen LogP contribution in [0.2, 0.25) is 0 Å². The van der Waals surface area contributed by atoms with E-state index in [-0.39, 0.29) is 12.1 Å². The van der Waals surface area contributed by atoms with E-state index in [9.17, 15) is 4.79 Å². The Kier molecular flexibility index (Phi) is 7.54. The van der Waals surface area contributed by atoms with Crippen LogP contribution >= 0.6 is 0 Å². The highest BCUT2D eigenvalue weighted by Crippen LogP contribution is 2.20. The van der Waals surface area contributed by atoms with Gasteiger partial charge in [0.2, 0.25) is 0 Å². The summed E-state index contributed by atoms with van der Waals surface area (Å²) in [5, 5.41) is 6.36. The molecule has 7 nitrogen and oxygen atoms in total. The molecule has 0 radical (unpaired) electrons. The Bertz CT molecular complexity index is 697. The van der Waals surface area contributed by atoms with Crippen LogP contribution in [-0.4, -0.2) is 62.4 Å². The molecule has 0 aliphatic carbocycles. The van der Waals surface area contributed by atoms with Gasteiger partial charge in [-0.15, -0.1) is 0 Å². The van der Waals surface area contributed by atoms with Crippen molar-refractivity contribution in [2.45, 2.75) is 52.2 Å². The zero-order valence-corrected chi connectivity index (χ0v) is 18.0. The number of aryl methyl sites for hydroxylation is 1. The first-order valence-electron chi connectivity index (χ1n) is 9.80. The third-order valence-corrected chi connectivity index (χ3v) is 4.53. The van der Waals surface area contributed by atoms with E-state index in [1.807, 2.05) is 26.8 Å². The van der Waals surface area contributed by atoms with Crippen LogP contribution in [0, 0.1) is 6.92 Å².